The molecule has 0 bridgehead atoms. The van der Waals surface area contributed by atoms with Gasteiger partial charge in [-0.05, 0) is 18.2 Å². The topological polar surface area (TPSA) is 46.0 Å². The third-order valence-corrected chi connectivity index (χ3v) is 2.44. The van der Waals surface area contributed by atoms with Gasteiger partial charge in [-0.25, -0.2) is 0 Å². The van der Waals surface area contributed by atoms with Crippen LogP contribution >= 0.6 is 0 Å². The Kier molecular flexibility index (Phi) is 1.59. The monoisotopic (exact) mass is 196 g/mol. The SMILES string of the molecule is Oc1ccc2c(c1)ncc1ncccc12. The number of nitrogens with zero attached hydrogens (tertiary/aromatic N) is 2. The van der Waals surface area contributed by atoms with Gasteiger partial charge >= 0.3 is 0 Å². The minimum absolute atomic E-state index is 0.234. The molecule has 2 aromatic heterocycles. The predicted molar refractivity (Wildman–Crippen MR) is 58.7 cm³/mol. The van der Waals surface area contributed by atoms with Gasteiger partial charge in [0.15, 0.2) is 0 Å². The van der Waals surface area contributed by atoms with E-state index in [0.29, 0.717) is 0 Å². The minimum Gasteiger partial charge on any atom is -0.508 e. The molecule has 3 aromatic rings. The summed E-state index contributed by atoms with van der Waals surface area (Å²) in [5.74, 6) is 0.234. The molecule has 1 aromatic carbocycles. The molecule has 3 nitrogen and oxygen atoms in total. The smallest absolute Gasteiger partial charge is 0.117 e. The van der Waals surface area contributed by atoms with E-state index in [4.69, 9.17) is 0 Å². The Hall–Kier alpha value is -2.16. The van der Waals surface area contributed by atoms with Gasteiger partial charge < -0.3 is 5.11 Å². The highest BCUT2D eigenvalue weighted by atomic mass is 16.3. The van der Waals surface area contributed by atoms with Crippen molar-refractivity contribution in [2.45, 2.75) is 0 Å². The Morgan fingerprint density at radius 2 is 1.80 bits per heavy atom. The van der Waals surface area contributed by atoms with Crippen LogP contribution in [0, 0.1) is 0 Å². The van der Waals surface area contributed by atoms with Crippen LogP contribution in [0.25, 0.3) is 21.8 Å². The van der Waals surface area contributed by atoms with Crippen LogP contribution in [-0.4, -0.2) is 15.1 Å². The number of aromatic hydroxyl groups is 1. The second-order valence-corrected chi connectivity index (χ2v) is 3.40. The zero-order chi connectivity index (χ0) is 10.3. The first-order valence-electron chi connectivity index (χ1n) is 4.67. The summed E-state index contributed by atoms with van der Waals surface area (Å²) in [4.78, 5) is 8.48. The molecule has 1 N–H and O–H groups in total. The molecule has 3 heteroatoms. The first-order valence-corrected chi connectivity index (χ1v) is 4.67. The van der Waals surface area contributed by atoms with Gasteiger partial charge in [-0.2, -0.15) is 0 Å². The van der Waals surface area contributed by atoms with Gasteiger partial charge in [0.25, 0.3) is 0 Å². The maximum Gasteiger partial charge on any atom is 0.117 e. The predicted octanol–water partition coefficient (Wildman–Crippen LogP) is 2.49. The lowest BCUT2D eigenvalue weighted by Crippen LogP contribution is -1.83. The molecule has 0 radical (unpaired) electrons. The molecule has 0 saturated heterocycles. The van der Waals surface area contributed by atoms with Gasteiger partial charge in [0.2, 0.25) is 0 Å². The van der Waals surface area contributed by atoms with Crippen molar-refractivity contribution < 1.29 is 5.11 Å². The van der Waals surface area contributed by atoms with Crippen LogP contribution in [0.2, 0.25) is 0 Å². The summed E-state index contributed by atoms with van der Waals surface area (Å²) in [5.41, 5.74) is 1.66. The lowest BCUT2D eigenvalue weighted by atomic mass is 10.1. The summed E-state index contributed by atoms with van der Waals surface area (Å²) in [7, 11) is 0. The lowest BCUT2D eigenvalue weighted by Gasteiger charge is -2.02. The van der Waals surface area contributed by atoms with Crippen molar-refractivity contribution in [1.82, 2.24) is 9.97 Å². The molecule has 0 aliphatic heterocycles. The number of aromatic nitrogens is 2. The van der Waals surface area contributed by atoms with Crippen molar-refractivity contribution in [3.63, 3.8) is 0 Å². The van der Waals surface area contributed by atoms with Crippen molar-refractivity contribution in [3.05, 3.63) is 42.7 Å². The summed E-state index contributed by atoms with van der Waals surface area (Å²) >= 11 is 0. The Morgan fingerprint density at radius 3 is 2.73 bits per heavy atom. The third-order valence-electron chi connectivity index (χ3n) is 2.44. The molecule has 3 rings (SSSR count). The van der Waals surface area contributed by atoms with Crippen LogP contribution in [0.15, 0.2) is 42.7 Å². The Balaban J connectivity index is 2.55. The molecule has 0 aliphatic carbocycles. The van der Waals surface area contributed by atoms with E-state index in [1.165, 1.54) is 0 Å². The number of hydrogen-bond donors (Lipinski definition) is 1. The number of pyridine rings is 2. The molecule has 2 heterocycles. The fourth-order valence-electron chi connectivity index (χ4n) is 1.73. The molecule has 0 unspecified atom stereocenters. The minimum atomic E-state index is 0.234. The lowest BCUT2D eigenvalue weighted by molar-refractivity contribution is 0.476. The van der Waals surface area contributed by atoms with Crippen molar-refractivity contribution in [3.8, 4) is 5.75 Å². The van der Waals surface area contributed by atoms with Crippen molar-refractivity contribution >= 4 is 21.8 Å². The highest BCUT2D eigenvalue weighted by molar-refractivity contribution is 6.04. The average molecular weight is 196 g/mol. The maximum absolute atomic E-state index is 9.35. The molecule has 0 saturated carbocycles. The number of hydrogen-bond acceptors (Lipinski definition) is 3. The number of phenols is 1. The number of rotatable bonds is 0. The van der Waals surface area contributed by atoms with Crippen molar-refractivity contribution in [2.24, 2.45) is 0 Å². The van der Waals surface area contributed by atoms with E-state index >= 15 is 0 Å². The molecular formula is C12H8N2O. The number of benzene rings is 1. The fourth-order valence-corrected chi connectivity index (χ4v) is 1.73. The summed E-state index contributed by atoms with van der Waals surface area (Å²) in [5, 5.41) is 11.4. The van der Waals surface area contributed by atoms with Gasteiger partial charge in [0.1, 0.15) is 5.75 Å². The number of phenolic OH excluding ortho intramolecular Hbond substituents is 1. The van der Waals surface area contributed by atoms with Gasteiger partial charge in [0, 0.05) is 23.0 Å². The maximum atomic E-state index is 9.35. The number of fused-ring (bicyclic) bond motifs is 3. The van der Waals surface area contributed by atoms with Crippen molar-refractivity contribution in [1.29, 1.82) is 0 Å². The van der Waals surface area contributed by atoms with Gasteiger partial charge in [-0.15, -0.1) is 0 Å². The molecule has 0 amide bonds. The Morgan fingerprint density at radius 1 is 0.933 bits per heavy atom. The molecule has 72 valence electrons. The molecule has 15 heavy (non-hydrogen) atoms. The molecule has 0 spiro atoms. The summed E-state index contributed by atoms with van der Waals surface area (Å²) in [6, 6.07) is 9.08. The molecule has 0 atom stereocenters. The van der Waals surface area contributed by atoms with E-state index in [1.54, 1.807) is 24.5 Å². The van der Waals surface area contributed by atoms with E-state index in [0.717, 1.165) is 21.8 Å². The molecule has 0 fully saturated rings. The summed E-state index contributed by atoms with van der Waals surface area (Å²) in [6.45, 7) is 0. The zero-order valence-electron chi connectivity index (χ0n) is 7.88. The van der Waals surface area contributed by atoms with E-state index in [2.05, 4.69) is 9.97 Å². The summed E-state index contributed by atoms with van der Waals surface area (Å²) in [6.07, 6.45) is 3.47. The largest absolute Gasteiger partial charge is 0.508 e. The van der Waals surface area contributed by atoms with Gasteiger partial charge in [0.05, 0.1) is 17.2 Å². The quantitative estimate of drug-likeness (QED) is 0.562. The van der Waals surface area contributed by atoms with Gasteiger partial charge in [-0.3, -0.25) is 9.97 Å². The van der Waals surface area contributed by atoms with Crippen LogP contribution in [0.1, 0.15) is 0 Å². The van der Waals surface area contributed by atoms with E-state index in [9.17, 15) is 5.11 Å². The third kappa shape index (κ3) is 1.21. The second kappa shape index (κ2) is 2.92. The fraction of sp³-hybridized carbons (Fsp3) is 0. The first kappa shape index (κ1) is 8.17. The highest BCUT2D eigenvalue weighted by Crippen LogP contribution is 2.24. The van der Waals surface area contributed by atoms with E-state index in [1.807, 2.05) is 18.2 Å². The Labute approximate surface area is 86.0 Å². The second-order valence-electron chi connectivity index (χ2n) is 3.40. The van der Waals surface area contributed by atoms with Crippen LogP contribution in [0.5, 0.6) is 5.75 Å². The highest BCUT2D eigenvalue weighted by Gasteiger charge is 2.02. The van der Waals surface area contributed by atoms with Crippen molar-refractivity contribution in [2.75, 3.05) is 0 Å². The van der Waals surface area contributed by atoms with E-state index in [-0.39, 0.29) is 5.75 Å². The first-order chi connectivity index (χ1) is 7.34. The van der Waals surface area contributed by atoms with Crippen LogP contribution in [-0.2, 0) is 0 Å². The van der Waals surface area contributed by atoms with Crippen LogP contribution in [0.3, 0.4) is 0 Å². The average Bonchev–Trinajstić information content (AvgIpc) is 2.28. The van der Waals surface area contributed by atoms with Gasteiger partial charge in [-0.1, -0.05) is 6.07 Å². The van der Waals surface area contributed by atoms with Crippen LogP contribution in [0.4, 0.5) is 0 Å². The standard InChI is InChI=1S/C12H8N2O/c15-8-3-4-10-9-2-1-5-13-12(9)7-14-11(10)6-8/h1-7,15H. The Bertz CT molecular complexity index is 649. The zero-order valence-corrected chi connectivity index (χ0v) is 7.88. The molecular weight excluding hydrogens is 188 g/mol. The molecule has 0 aliphatic rings. The van der Waals surface area contributed by atoms with E-state index < -0.39 is 0 Å². The normalized spacial score (nSPS) is 10.9. The summed E-state index contributed by atoms with van der Waals surface area (Å²) < 4.78 is 0. The van der Waals surface area contributed by atoms with Crippen LogP contribution < -0.4 is 0 Å².